The van der Waals surface area contributed by atoms with Gasteiger partial charge >= 0.3 is 0 Å². The maximum Gasteiger partial charge on any atom is 0.143 e. The normalized spacial score (nSPS) is 14.2. The first-order chi connectivity index (χ1) is 10.1. The number of allylic oxidation sites excluding steroid dienone is 6. The van der Waals surface area contributed by atoms with Gasteiger partial charge < -0.3 is 5.73 Å². The van der Waals surface area contributed by atoms with Crippen LogP contribution < -0.4 is 5.73 Å². The van der Waals surface area contributed by atoms with Crippen LogP contribution in [0.4, 0.5) is 0 Å². The molecule has 0 spiro atoms. The van der Waals surface area contributed by atoms with Gasteiger partial charge in [-0.2, -0.15) is 0 Å². The van der Waals surface area contributed by atoms with Crippen molar-refractivity contribution in [1.82, 2.24) is 0 Å². The number of carbonyl (C=O) groups is 1. The Bertz CT molecular complexity index is 388. The second-order valence-corrected chi connectivity index (χ2v) is 5.64. The van der Waals surface area contributed by atoms with E-state index in [1.54, 1.807) is 11.1 Å². The molecule has 1 aliphatic rings. The highest BCUT2D eigenvalue weighted by Gasteiger charge is 2.08. The van der Waals surface area contributed by atoms with Gasteiger partial charge in [0, 0.05) is 0 Å². The van der Waals surface area contributed by atoms with Crippen LogP contribution >= 0.6 is 0 Å². The van der Waals surface area contributed by atoms with Crippen LogP contribution in [-0.4, -0.2) is 12.3 Å². The molecule has 0 aromatic carbocycles. The first kappa shape index (κ1) is 19.9. The van der Waals surface area contributed by atoms with Crippen molar-refractivity contribution in [3.8, 4) is 0 Å². The Morgan fingerprint density at radius 1 is 1.19 bits per heavy atom. The van der Waals surface area contributed by atoms with E-state index in [2.05, 4.69) is 39.0 Å². The van der Waals surface area contributed by atoms with E-state index in [-0.39, 0.29) is 12.3 Å². The molecule has 0 bridgehead atoms. The number of hydrogen-bond acceptors (Lipinski definition) is 2. The quantitative estimate of drug-likeness (QED) is 0.663. The van der Waals surface area contributed by atoms with E-state index in [1.165, 1.54) is 51.0 Å². The van der Waals surface area contributed by atoms with Crippen molar-refractivity contribution in [2.45, 2.75) is 72.6 Å². The molecule has 120 valence electrons. The van der Waals surface area contributed by atoms with Crippen LogP contribution in [0.5, 0.6) is 0 Å². The maximum atomic E-state index is 9.69. The van der Waals surface area contributed by atoms with Crippen LogP contribution in [0.3, 0.4) is 0 Å². The summed E-state index contributed by atoms with van der Waals surface area (Å²) in [5.41, 5.74) is 9.56. The van der Waals surface area contributed by atoms with Crippen molar-refractivity contribution in [2.24, 2.45) is 5.73 Å². The van der Waals surface area contributed by atoms with Crippen molar-refractivity contribution >= 4 is 5.78 Å². The van der Waals surface area contributed by atoms with Crippen LogP contribution in [-0.2, 0) is 4.79 Å². The van der Waals surface area contributed by atoms with E-state index in [0.717, 1.165) is 6.42 Å². The first-order valence-electron chi connectivity index (χ1n) is 8.31. The average Bonchev–Trinajstić information content (AvgIpc) is 2.63. The first-order valence-corrected chi connectivity index (χ1v) is 8.31. The maximum absolute atomic E-state index is 9.69. The SMILES string of the molecule is CC(=O)CN.CCCCCC1=C(C)C=CCC=C1CCC. The standard InChI is InChI=1S/C16H26.C3H7NO/c1-4-6-7-13-16-14(3)11-8-9-12-15(16)10-5-2;1-3(5)2-4/h8,11-12H,4-7,9-10,13H2,1-3H3;2,4H2,1H3. The smallest absolute Gasteiger partial charge is 0.143 e. The summed E-state index contributed by atoms with van der Waals surface area (Å²) in [6, 6.07) is 0. The predicted molar refractivity (Wildman–Crippen MR) is 93.3 cm³/mol. The van der Waals surface area contributed by atoms with E-state index in [4.69, 9.17) is 5.73 Å². The molecule has 0 aliphatic heterocycles. The molecule has 2 N–H and O–H groups in total. The number of ketones is 1. The number of rotatable bonds is 7. The van der Waals surface area contributed by atoms with Crippen LogP contribution in [0, 0.1) is 0 Å². The molecule has 0 saturated heterocycles. The number of carbonyl (C=O) groups excluding carboxylic acids is 1. The van der Waals surface area contributed by atoms with Crippen molar-refractivity contribution in [2.75, 3.05) is 6.54 Å². The minimum Gasteiger partial charge on any atom is -0.324 e. The van der Waals surface area contributed by atoms with Crippen molar-refractivity contribution < 1.29 is 4.79 Å². The Morgan fingerprint density at radius 2 is 1.86 bits per heavy atom. The lowest BCUT2D eigenvalue weighted by Crippen LogP contribution is -2.07. The summed E-state index contributed by atoms with van der Waals surface area (Å²) < 4.78 is 0. The van der Waals surface area contributed by atoms with E-state index < -0.39 is 0 Å². The molecule has 1 rings (SSSR count). The molecule has 0 atom stereocenters. The van der Waals surface area contributed by atoms with E-state index in [1.807, 2.05) is 0 Å². The summed E-state index contributed by atoms with van der Waals surface area (Å²) in [7, 11) is 0. The lowest BCUT2D eigenvalue weighted by molar-refractivity contribution is -0.115. The molecule has 0 heterocycles. The van der Waals surface area contributed by atoms with E-state index in [9.17, 15) is 4.79 Å². The van der Waals surface area contributed by atoms with Gasteiger partial charge in [-0.05, 0) is 56.3 Å². The van der Waals surface area contributed by atoms with Gasteiger partial charge in [-0.3, -0.25) is 4.79 Å². The molecular formula is C19H33NO. The minimum atomic E-state index is 0.0324. The van der Waals surface area contributed by atoms with Crippen LogP contribution in [0.15, 0.2) is 34.9 Å². The summed E-state index contributed by atoms with van der Waals surface area (Å²) in [5, 5.41) is 0. The zero-order valence-corrected chi connectivity index (χ0v) is 14.4. The second-order valence-electron chi connectivity index (χ2n) is 5.64. The molecule has 2 heteroatoms. The molecular weight excluding hydrogens is 258 g/mol. The molecule has 0 saturated carbocycles. The van der Waals surface area contributed by atoms with Gasteiger partial charge in [0.25, 0.3) is 0 Å². The van der Waals surface area contributed by atoms with Gasteiger partial charge in [0.1, 0.15) is 5.78 Å². The van der Waals surface area contributed by atoms with Gasteiger partial charge in [-0.15, -0.1) is 0 Å². The lowest BCUT2D eigenvalue weighted by atomic mass is 9.93. The van der Waals surface area contributed by atoms with Crippen molar-refractivity contribution in [3.05, 3.63) is 34.9 Å². The third kappa shape index (κ3) is 9.41. The third-order valence-corrected chi connectivity index (χ3v) is 3.57. The van der Waals surface area contributed by atoms with Crippen molar-refractivity contribution in [3.63, 3.8) is 0 Å². The molecule has 2 nitrogen and oxygen atoms in total. The predicted octanol–water partition coefficient (Wildman–Crippen LogP) is 5.10. The Hall–Kier alpha value is -1.15. The summed E-state index contributed by atoms with van der Waals surface area (Å²) in [4.78, 5) is 9.69. The second kappa shape index (κ2) is 12.6. The van der Waals surface area contributed by atoms with Gasteiger partial charge in [0.2, 0.25) is 0 Å². The Morgan fingerprint density at radius 3 is 2.38 bits per heavy atom. The fraction of sp³-hybridized carbons (Fsp3) is 0.632. The number of Topliss-reactive ketones (excluding diaryl/α,β-unsaturated/α-hetero) is 1. The van der Waals surface area contributed by atoms with Crippen LogP contribution in [0.1, 0.15) is 72.6 Å². The van der Waals surface area contributed by atoms with E-state index in [0.29, 0.717) is 0 Å². The molecule has 0 radical (unpaired) electrons. The highest BCUT2D eigenvalue weighted by molar-refractivity contribution is 5.77. The van der Waals surface area contributed by atoms with Crippen molar-refractivity contribution in [1.29, 1.82) is 0 Å². The molecule has 0 fully saturated rings. The third-order valence-electron chi connectivity index (χ3n) is 3.57. The molecule has 0 amide bonds. The van der Waals surface area contributed by atoms with Gasteiger partial charge in [-0.1, -0.05) is 51.3 Å². The number of hydrogen-bond donors (Lipinski definition) is 1. The number of unbranched alkanes of at least 4 members (excludes halogenated alkanes) is 2. The van der Waals surface area contributed by atoms with Gasteiger partial charge in [0.05, 0.1) is 6.54 Å². The fourth-order valence-corrected chi connectivity index (χ4v) is 2.36. The van der Waals surface area contributed by atoms with E-state index >= 15 is 0 Å². The lowest BCUT2D eigenvalue weighted by Gasteiger charge is -2.13. The number of nitrogens with two attached hydrogens (primary N) is 1. The topological polar surface area (TPSA) is 43.1 Å². The summed E-state index contributed by atoms with van der Waals surface area (Å²) in [5.74, 6) is 0.0324. The van der Waals surface area contributed by atoms with Gasteiger partial charge in [0.15, 0.2) is 0 Å². The highest BCUT2D eigenvalue weighted by Crippen LogP contribution is 2.28. The van der Waals surface area contributed by atoms with Crippen LogP contribution in [0.2, 0.25) is 0 Å². The molecule has 0 unspecified atom stereocenters. The Labute approximate surface area is 131 Å². The Kier molecular flexibility index (Phi) is 11.9. The van der Waals surface area contributed by atoms with Gasteiger partial charge in [-0.25, -0.2) is 0 Å². The summed E-state index contributed by atoms with van der Waals surface area (Å²) in [6.45, 7) is 8.45. The Balaban J connectivity index is 0.000000690. The molecule has 0 aromatic heterocycles. The largest absolute Gasteiger partial charge is 0.324 e. The monoisotopic (exact) mass is 291 g/mol. The minimum absolute atomic E-state index is 0.0324. The zero-order chi connectivity index (χ0) is 16.1. The highest BCUT2D eigenvalue weighted by atomic mass is 16.1. The average molecular weight is 291 g/mol. The molecule has 21 heavy (non-hydrogen) atoms. The fourth-order valence-electron chi connectivity index (χ4n) is 2.36. The zero-order valence-electron chi connectivity index (χ0n) is 14.4. The summed E-state index contributed by atoms with van der Waals surface area (Å²) >= 11 is 0. The molecule has 0 aromatic rings. The van der Waals surface area contributed by atoms with Crippen LogP contribution in [0.25, 0.3) is 0 Å². The molecule has 1 aliphatic carbocycles. The summed E-state index contributed by atoms with van der Waals surface area (Å²) in [6.07, 6.45) is 15.9.